The number of carbonyl (C=O) groups excluding carboxylic acids is 2. The van der Waals surface area contributed by atoms with Gasteiger partial charge in [0.25, 0.3) is 0 Å². The van der Waals surface area contributed by atoms with Crippen molar-refractivity contribution in [3.63, 3.8) is 0 Å². The van der Waals surface area contributed by atoms with Gasteiger partial charge in [-0.25, -0.2) is 9.59 Å². The third-order valence-electron chi connectivity index (χ3n) is 2.60. The van der Waals surface area contributed by atoms with Gasteiger partial charge in [0.05, 0.1) is 6.61 Å². The minimum absolute atomic E-state index is 0.112. The fourth-order valence-electron chi connectivity index (χ4n) is 1.62. The van der Waals surface area contributed by atoms with Crippen LogP contribution in [-0.4, -0.2) is 31.3 Å². The van der Waals surface area contributed by atoms with E-state index in [0.29, 0.717) is 6.42 Å². The Kier molecular flexibility index (Phi) is 11.2. The van der Waals surface area contributed by atoms with Gasteiger partial charge in [-0.3, -0.25) is 0 Å². The van der Waals surface area contributed by atoms with Crippen LogP contribution in [0.5, 0.6) is 0 Å². The topological polar surface area (TPSA) is 64.6 Å². The SMILES string of the molecule is C=CCCCCC[C@H](NC(=O)OCC=C)C(=O)OCC. The summed E-state index contributed by atoms with van der Waals surface area (Å²) in [6.07, 6.45) is 7.04. The van der Waals surface area contributed by atoms with Crippen molar-refractivity contribution >= 4 is 12.1 Å². The van der Waals surface area contributed by atoms with E-state index < -0.39 is 18.1 Å². The number of unbranched alkanes of at least 4 members (excludes halogenated alkanes) is 3. The zero-order valence-electron chi connectivity index (χ0n) is 12.2. The average Bonchev–Trinajstić information content (AvgIpc) is 2.43. The van der Waals surface area contributed by atoms with Crippen LogP contribution in [0.15, 0.2) is 25.3 Å². The van der Waals surface area contributed by atoms with Gasteiger partial charge >= 0.3 is 12.1 Å². The van der Waals surface area contributed by atoms with E-state index in [1.807, 2.05) is 6.08 Å². The third kappa shape index (κ3) is 9.19. The van der Waals surface area contributed by atoms with Crippen molar-refractivity contribution in [3.05, 3.63) is 25.3 Å². The first-order valence-electron chi connectivity index (χ1n) is 6.97. The monoisotopic (exact) mass is 283 g/mol. The minimum Gasteiger partial charge on any atom is -0.464 e. The number of rotatable bonds is 11. The molecule has 0 aromatic heterocycles. The highest BCUT2D eigenvalue weighted by Crippen LogP contribution is 2.08. The third-order valence-corrected chi connectivity index (χ3v) is 2.60. The second kappa shape index (κ2) is 12.3. The lowest BCUT2D eigenvalue weighted by atomic mass is 10.1. The molecule has 0 bridgehead atoms. The van der Waals surface area contributed by atoms with Crippen LogP contribution in [0.3, 0.4) is 0 Å². The van der Waals surface area contributed by atoms with Crippen LogP contribution >= 0.6 is 0 Å². The largest absolute Gasteiger partial charge is 0.464 e. The maximum absolute atomic E-state index is 11.7. The lowest BCUT2D eigenvalue weighted by Crippen LogP contribution is -2.42. The van der Waals surface area contributed by atoms with E-state index in [0.717, 1.165) is 25.7 Å². The second-order valence-corrected chi connectivity index (χ2v) is 4.26. The summed E-state index contributed by atoms with van der Waals surface area (Å²) in [5.41, 5.74) is 0. The normalized spacial score (nSPS) is 11.2. The maximum atomic E-state index is 11.7. The van der Waals surface area contributed by atoms with Crippen LogP contribution in [0.25, 0.3) is 0 Å². The van der Waals surface area contributed by atoms with Gasteiger partial charge in [-0.1, -0.05) is 31.6 Å². The quantitative estimate of drug-likeness (QED) is 0.360. The Morgan fingerprint density at radius 2 is 1.90 bits per heavy atom. The molecular formula is C15H25NO4. The van der Waals surface area contributed by atoms with Crippen LogP contribution < -0.4 is 5.32 Å². The first-order chi connectivity index (χ1) is 9.65. The molecule has 20 heavy (non-hydrogen) atoms. The number of nitrogens with one attached hydrogen (secondary N) is 1. The molecule has 1 amide bonds. The van der Waals surface area contributed by atoms with Crippen LogP contribution in [0.1, 0.15) is 39.0 Å². The van der Waals surface area contributed by atoms with E-state index in [-0.39, 0.29) is 13.2 Å². The molecular weight excluding hydrogens is 258 g/mol. The zero-order valence-corrected chi connectivity index (χ0v) is 12.2. The summed E-state index contributed by atoms with van der Waals surface area (Å²) >= 11 is 0. The van der Waals surface area contributed by atoms with Crippen molar-refractivity contribution in [1.82, 2.24) is 5.32 Å². The molecule has 0 fully saturated rings. The number of allylic oxidation sites excluding steroid dienone is 1. The van der Waals surface area contributed by atoms with Gasteiger partial charge in [-0.15, -0.1) is 6.58 Å². The van der Waals surface area contributed by atoms with Crippen LogP contribution in [-0.2, 0) is 14.3 Å². The predicted molar refractivity (Wildman–Crippen MR) is 78.4 cm³/mol. The Bertz CT molecular complexity index is 315. The number of amides is 1. The Morgan fingerprint density at radius 3 is 2.50 bits per heavy atom. The Morgan fingerprint density at radius 1 is 1.15 bits per heavy atom. The molecule has 0 saturated heterocycles. The van der Waals surface area contributed by atoms with Crippen LogP contribution in [0.2, 0.25) is 0 Å². The van der Waals surface area contributed by atoms with Crippen molar-refractivity contribution in [2.75, 3.05) is 13.2 Å². The molecule has 5 nitrogen and oxygen atoms in total. The Balaban J connectivity index is 4.19. The zero-order chi connectivity index (χ0) is 15.2. The van der Waals surface area contributed by atoms with Crippen molar-refractivity contribution in [2.45, 2.75) is 45.1 Å². The fourth-order valence-corrected chi connectivity index (χ4v) is 1.62. The molecule has 0 aromatic rings. The van der Waals surface area contributed by atoms with Gasteiger partial charge in [0.2, 0.25) is 0 Å². The Hall–Kier alpha value is -1.78. The lowest BCUT2D eigenvalue weighted by molar-refractivity contribution is -0.145. The lowest BCUT2D eigenvalue weighted by Gasteiger charge is -2.16. The summed E-state index contributed by atoms with van der Waals surface area (Å²) in [5, 5.41) is 2.52. The van der Waals surface area contributed by atoms with E-state index in [2.05, 4.69) is 18.5 Å². The van der Waals surface area contributed by atoms with Gasteiger partial charge < -0.3 is 14.8 Å². The molecule has 0 heterocycles. The molecule has 0 aliphatic rings. The highest BCUT2D eigenvalue weighted by Gasteiger charge is 2.21. The summed E-state index contributed by atoms with van der Waals surface area (Å²) in [4.78, 5) is 23.2. The van der Waals surface area contributed by atoms with Gasteiger partial charge in [-0.2, -0.15) is 0 Å². The summed E-state index contributed by atoms with van der Waals surface area (Å²) < 4.78 is 9.75. The first kappa shape index (κ1) is 18.2. The molecule has 0 aliphatic heterocycles. The van der Waals surface area contributed by atoms with Crippen LogP contribution in [0.4, 0.5) is 4.79 Å². The molecule has 0 radical (unpaired) electrons. The molecule has 114 valence electrons. The summed E-state index contributed by atoms with van der Waals surface area (Å²) in [5.74, 6) is -0.424. The first-order valence-corrected chi connectivity index (χ1v) is 6.97. The molecule has 0 unspecified atom stereocenters. The summed E-state index contributed by atoms with van der Waals surface area (Å²) in [7, 11) is 0. The maximum Gasteiger partial charge on any atom is 0.408 e. The van der Waals surface area contributed by atoms with Crippen molar-refractivity contribution in [3.8, 4) is 0 Å². The van der Waals surface area contributed by atoms with Gasteiger partial charge in [-0.05, 0) is 26.2 Å². The fraction of sp³-hybridized carbons (Fsp3) is 0.600. The number of hydrogen-bond donors (Lipinski definition) is 1. The number of esters is 1. The number of hydrogen-bond acceptors (Lipinski definition) is 4. The van der Waals surface area contributed by atoms with Crippen molar-refractivity contribution < 1.29 is 19.1 Å². The van der Waals surface area contributed by atoms with Gasteiger partial charge in [0, 0.05) is 0 Å². The van der Waals surface area contributed by atoms with Crippen LogP contribution in [0, 0.1) is 0 Å². The molecule has 0 aromatic carbocycles. The molecule has 0 aliphatic carbocycles. The van der Waals surface area contributed by atoms with Gasteiger partial charge in [0.1, 0.15) is 12.6 Å². The highest BCUT2D eigenvalue weighted by molar-refractivity contribution is 5.81. The van der Waals surface area contributed by atoms with E-state index in [9.17, 15) is 9.59 Å². The molecule has 5 heteroatoms. The van der Waals surface area contributed by atoms with E-state index >= 15 is 0 Å². The standard InChI is InChI=1S/C15H25NO4/c1-4-7-8-9-10-11-13(14(17)19-6-3)16-15(18)20-12-5-2/h4-5,13H,1-2,6-12H2,3H3,(H,16,18)/t13-/m0/s1. The van der Waals surface area contributed by atoms with E-state index in [4.69, 9.17) is 9.47 Å². The van der Waals surface area contributed by atoms with E-state index in [1.54, 1.807) is 6.92 Å². The van der Waals surface area contributed by atoms with Crippen molar-refractivity contribution in [2.24, 2.45) is 0 Å². The Labute approximate surface area is 121 Å². The number of alkyl carbamates (subject to hydrolysis) is 1. The molecule has 0 saturated carbocycles. The number of carbonyl (C=O) groups is 2. The van der Waals surface area contributed by atoms with E-state index in [1.165, 1.54) is 6.08 Å². The van der Waals surface area contributed by atoms with Gasteiger partial charge in [0.15, 0.2) is 0 Å². The smallest absolute Gasteiger partial charge is 0.408 e. The minimum atomic E-state index is -0.656. The highest BCUT2D eigenvalue weighted by atomic mass is 16.6. The molecule has 1 atom stereocenters. The number of ether oxygens (including phenoxy) is 2. The molecule has 0 rings (SSSR count). The molecule has 0 spiro atoms. The summed E-state index contributed by atoms with van der Waals surface area (Å²) in [6.45, 7) is 9.24. The summed E-state index contributed by atoms with van der Waals surface area (Å²) in [6, 6.07) is -0.656. The predicted octanol–water partition coefficient (Wildman–Crippen LogP) is 2.97. The molecule has 1 N–H and O–H groups in total. The average molecular weight is 283 g/mol. The second-order valence-electron chi connectivity index (χ2n) is 4.26. The van der Waals surface area contributed by atoms with Crippen molar-refractivity contribution in [1.29, 1.82) is 0 Å².